The van der Waals surface area contributed by atoms with Gasteiger partial charge in [-0.1, -0.05) is 0 Å². The first-order chi connectivity index (χ1) is 4.71. The van der Waals surface area contributed by atoms with E-state index in [0.717, 1.165) is 0 Å². The second-order valence-corrected chi connectivity index (χ2v) is 3.27. The van der Waals surface area contributed by atoms with Crippen LogP contribution >= 0.6 is 0 Å². The molecular formula is CH2O8S2-2. The van der Waals surface area contributed by atoms with Gasteiger partial charge in [0.05, 0.1) is 0 Å². The molecule has 0 saturated heterocycles. The number of hydrogen-bond donors (Lipinski definition) is 0. The van der Waals surface area contributed by atoms with Crippen LogP contribution in [0.1, 0.15) is 0 Å². The molecule has 0 aliphatic carbocycles. The number of hydrogen-bond acceptors (Lipinski definition) is 8. The Morgan fingerprint density at radius 2 is 1.18 bits per heavy atom. The van der Waals surface area contributed by atoms with Gasteiger partial charge in [-0.3, -0.25) is 0 Å². The number of rotatable bonds is 4. The van der Waals surface area contributed by atoms with E-state index in [4.69, 9.17) is 0 Å². The second kappa shape index (κ2) is 3.42. The minimum absolute atomic E-state index is 1.43. The van der Waals surface area contributed by atoms with Gasteiger partial charge in [-0.2, -0.15) is 0 Å². The molecule has 0 N–H and O–H groups in total. The van der Waals surface area contributed by atoms with Gasteiger partial charge in [0, 0.05) is 0 Å². The molecule has 0 heterocycles. The van der Waals surface area contributed by atoms with Crippen molar-refractivity contribution in [1.29, 1.82) is 0 Å². The summed E-state index contributed by atoms with van der Waals surface area (Å²) in [6.07, 6.45) is 0. The van der Waals surface area contributed by atoms with Crippen molar-refractivity contribution in [3.05, 3.63) is 0 Å². The van der Waals surface area contributed by atoms with E-state index in [1.54, 1.807) is 0 Å². The van der Waals surface area contributed by atoms with Gasteiger partial charge in [0.15, 0.2) is 6.79 Å². The lowest BCUT2D eigenvalue weighted by Crippen LogP contribution is -2.12. The van der Waals surface area contributed by atoms with Crippen molar-refractivity contribution < 1.29 is 34.3 Å². The van der Waals surface area contributed by atoms with Crippen LogP contribution in [0, 0.1) is 0 Å². The Bertz CT molecular complexity index is 261. The van der Waals surface area contributed by atoms with Crippen molar-refractivity contribution in [2.45, 2.75) is 0 Å². The fourth-order valence-electron chi connectivity index (χ4n) is 0.137. The van der Waals surface area contributed by atoms with Gasteiger partial charge in [-0.05, 0) is 0 Å². The van der Waals surface area contributed by atoms with E-state index in [0.29, 0.717) is 0 Å². The third-order valence-corrected chi connectivity index (χ3v) is 1.15. The fourth-order valence-corrected chi connectivity index (χ4v) is 0.530. The van der Waals surface area contributed by atoms with Crippen LogP contribution in [0.25, 0.3) is 0 Å². The van der Waals surface area contributed by atoms with Crippen LogP contribution in [-0.4, -0.2) is 32.7 Å². The van der Waals surface area contributed by atoms with Gasteiger partial charge in [-0.25, -0.2) is 25.2 Å². The summed E-state index contributed by atoms with van der Waals surface area (Å²) in [7, 11) is -10.0. The molecular weight excluding hydrogens is 204 g/mol. The maximum atomic E-state index is 9.56. The van der Waals surface area contributed by atoms with E-state index in [2.05, 4.69) is 8.37 Å². The molecule has 11 heavy (non-hydrogen) atoms. The fraction of sp³-hybridized carbons (Fsp3) is 1.00. The Morgan fingerprint density at radius 3 is 1.36 bits per heavy atom. The van der Waals surface area contributed by atoms with Crippen LogP contribution in [0.3, 0.4) is 0 Å². The molecule has 0 amide bonds. The summed E-state index contributed by atoms with van der Waals surface area (Å²) in [5, 5.41) is 0. The van der Waals surface area contributed by atoms with Crippen molar-refractivity contribution >= 4 is 20.8 Å². The summed E-state index contributed by atoms with van der Waals surface area (Å²) in [5.74, 6) is 0. The summed E-state index contributed by atoms with van der Waals surface area (Å²) in [5.41, 5.74) is 0. The SMILES string of the molecule is O=S(=O)([O-])OCOS(=O)(=O)[O-]. The monoisotopic (exact) mass is 206 g/mol. The smallest absolute Gasteiger partial charge is 0.219 e. The highest BCUT2D eigenvalue weighted by atomic mass is 32.3. The van der Waals surface area contributed by atoms with Crippen molar-refractivity contribution in [1.82, 2.24) is 0 Å². The summed E-state index contributed by atoms with van der Waals surface area (Å²) in [4.78, 5) is 0. The maximum absolute atomic E-state index is 9.56. The molecule has 0 aromatic carbocycles. The molecule has 10 heteroatoms. The van der Waals surface area contributed by atoms with Crippen LogP contribution in [0.2, 0.25) is 0 Å². The van der Waals surface area contributed by atoms with E-state index >= 15 is 0 Å². The van der Waals surface area contributed by atoms with Crippen LogP contribution in [-0.2, 0) is 29.2 Å². The summed E-state index contributed by atoms with van der Waals surface area (Å²) in [6.45, 7) is -1.43. The van der Waals surface area contributed by atoms with Gasteiger partial charge < -0.3 is 9.11 Å². The minimum atomic E-state index is -5.02. The first kappa shape index (κ1) is 10.7. The topological polar surface area (TPSA) is 133 Å². The van der Waals surface area contributed by atoms with Gasteiger partial charge in [0.25, 0.3) is 0 Å². The molecule has 8 nitrogen and oxygen atoms in total. The molecule has 0 fully saturated rings. The molecule has 0 aliphatic rings. The van der Waals surface area contributed by atoms with E-state index in [1.165, 1.54) is 0 Å². The zero-order chi connectivity index (χ0) is 9.12. The van der Waals surface area contributed by atoms with Crippen LogP contribution in [0.5, 0.6) is 0 Å². The highest BCUT2D eigenvalue weighted by Gasteiger charge is 1.97. The molecule has 68 valence electrons. The third-order valence-electron chi connectivity index (χ3n) is 0.385. The highest BCUT2D eigenvalue weighted by molar-refractivity contribution is 7.81. The van der Waals surface area contributed by atoms with Gasteiger partial charge in [0.2, 0.25) is 20.8 Å². The summed E-state index contributed by atoms with van der Waals surface area (Å²) in [6, 6.07) is 0. The zero-order valence-corrected chi connectivity index (χ0v) is 6.42. The first-order valence-electron chi connectivity index (χ1n) is 1.91. The summed E-state index contributed by atoms with van der Waals surface area (Å²) >= 11 is 0. The molecule has 0 unspecified atom stereocenters. The van der Waals surface area contributed by atoms with Crippen molar-refractivity contribution in [3.8, 4) is 0 Å². The zero-order valence-electron chi connectivity index (χ0n) is 4.79. The predicted octanol–water partition coefficient (Wildman–Crippen LogP) is -2.10. The lowest BCUT2D eigenvalue weighted by molar-refractivity contribution is 0.102. The van der Waals surface area contributed by atoms with Crippen molar-refractivity contribution in [3.63, 3.8) is 0 Å². The lowest BCUT2D eigenvalue weighted by Gasteiger charge is -2.09. The minimum Gasteiger partial charge on any atom is -0.725 e. The molecule has 0 rings (SSSR count). The molecule has 0 aromatic heterocycles. The van der Waals surface area contributed by atoms with Crippen LogP contribution < -0.4 is 0 Å². The summed E-state index contributed by atoms with van der Waals surface area (Å²) < 4.78 is 63.8. The second-order valence-electron chi connectivity index (χ2n) is 1.17. The first-order valence-corrected chi connectivity index (χ1v) is 4.58. The van der Waals surface area contributed by atoms with Crippen molar-refractivity contribution in [2.24, 2.45) is 0 Å². The molecule has 0 spiro atoms. The molecule has 0 atom stereocenters. The quantitative estimate of drug-likeness (QED) is 0.290. The molecule has 0 saturated carbocycles. The van der Waals surface area contributed by atoms with Gasteiger partial charge in [0.1, 0.15) is 0 Å². The molecule has 0 aliphatic heterocycles. The van der Waals surface area contributed by atoms with Crippen LogP contribution in [0.15, 0.2) is 0 Å². The van der Waals surface area contributed by atoms with Crippen molar-refractivity contribution in [2.75, 3.05) is 6.79 Å². The average Bonchev–Trinajstić information content (AvgIpc) is 1.55. The highest BCUT2D eigenvalue weighted by Crippen LogP contribution is 1.90. The largest absolute Gasteiger partial charge is 0.725 e. The Balaban J connectivity index is 3.79. The van der Waals surface area contributed by atoms with E-state index in [9.17, 15) is 25.9 Å². The Kier molecular flexibility index (Phi) is 3.34. The third kappa shape index (κ3) is 9.74. The Hall–Kier alpha value is -0.260. The van der Waals surface area contributed by atoms with Crippen LogP contribution in [0.4, 0.5) is 0 Å². The Morgan fingerprint density at radius 1 is 0.909 bits per heavy atom. The normalized spacial score (nSPS) is 13.3. The molecule has 0 bridgehead atoms. The van der Waals surface area contributed by atoms with Gasteiger partial charge in [-0.15, -0.1) is 0 Å². The molecule has 0 aromatic rings. The lowest BCUT2D eigenvalue weighted by atomic mass is 11.6. The standard InChI is InChI=1S/CH4O8S2/c2-10(3,4)8-1-9-11(5,6)7/h1H2,(H,2,3,4)(H,5,6,7)/p-2. The average molecular weight is 206 g/mol. The van der Waals surface area contributed by atoms with E-state index in [1.807, 2.05) is 0 Å². The molecule has 0 radical (unpaired) electrons. The van der Waals surface area contributed by atoms with Gasteiger partial charge >= 0.3 is 0 Å². The van der Waals surface area contributed by atoms with E-state index < -0.39 is 27.6 Å². The maximum Gasteiger partial charge on any atom is 0.219 e. The Labute approximate surface area is 62.6 Å². The van der Waals surface area contributed by atoms with E-state index in [-0.39, 0.29) is 0 Å². The predicted molar refractivity (Wildman–Crippen MR) is 26.4 cm³/mol.